The van der Waals surface area contributed by atoms with Crippen LogP contribution in [0.1, 0.15) is 12.5 Å². The minimum atomic E-state index is -3.22. The third-order valence-corrected chi connectivity index (χ3v) is 4.03. The van der Waals surface area contributed by atoms with Crippen molar-refractivity contribution in [3.05, 3.63) is 35.9 Å². The van der Waals surface area contributed by atoms with E-state index in [9.17, 15) is 8.42 Å². The van der Waals surface area contributed by atoms with Crippen molar-refractivity contribution in [1.29, 1.82) is 0 Å². The standard InChI is InChI=1S/C10H14BrNO2S/c1-10(8-11,12-15(2,13)14)9-6-4-3-5-7-9/h3-7,12H,8H2,1-2H3. The van der Waals surface area contributed by atoms with Gasteiger partial charge in [0.05, 0.1) is 11.8 Å². The SMILES string of the molecule is CC(CBr)(NS(C)(=O)=O)c1ccccc1. The van der Waals surface area contributed by atoms with Crippen LogP contribution in [-0.2, 0) is 15.6 Å². The maximum atomic E-state index is 11.2. The summed E-state index contributed by atoms with van der Waals surface area (Å²) in [5.41, 5.74) is 0.335. The molecule has 0 bridgehead atoms. The molecular formula is C10H14BrNO2S. The summed E-state index contributed by atoms with van der Waals surface area (Å²) in [6, 6.07) is 9.48. The highest BCUT2D eigenvalue weighted by Gasteiger charge is 2.28. The Morgan fingerprint density at radius 3 is 2.27 bits per heavy atom. The fourth-order valence-corrected chi connectivity index (χ4v) is 3.04. The molecule has 3 nitrogen and oxygen atoms in total. The maximum absolute atomic E-state index is 11.2. The lowest BCUT2D eigenvalue weighted by atomic mass is 9.96. The van der Waals surface area contributed by atoms with Crippen LogP contribution in [0.3, 0.4) is 0 Å². The molecule has 1 aromatic rings. The Kier molecular flexibility index (Phi) is 3.92. The summed E-state index contributed by atoms with van der Waals surface area (Å²) in [5, 5.41) is 0.525. The molecule has 0 saturated heterocycles. The summed E-state index contributed by atoms with van der Waals surface area (Å²) in [7, 11) is -3.22. The lowest BCUT2D eigenvalue weighted by Crippen LogP contribution is -2.44. The molecule has 0 saturated carbocycles. The Labute approximate surface area is 99.1 Å². The minimum absolute atomic E-state index is 0.525. The Morgan fingerprint density at radius 1 is 1.33 bits per heavy atom. The summed E-state index contributed by atoms with van der Waals surface area (Å²) in [5.74, 6) is 0. The van der Waals surface area contributed by atoms with Crippen LogP contribution >= 0.6 is 15.9 Å². The summed E-state index contributed by atoms with van der Waals surface area (Å²) in [6.45, 7) is 1.85. The topological polar surface area (TPSA) is 46.2 Å². The molecule has 15 heavy (non-hydrogen) atoms. The smallest absolute Gasteiger partial charge is 0.209 e. The van der Waals surface area contributed by atoms with Gasteiger partial charge in [-0.15, -0.1) is 0 Å². The monoisotopic (exact) mass is 291 g/mol. The zero-order valence-corrected chi connectivity index (χ0v) is 11.1. The molecule has 0 fully saturated rings. The van der Waals surface area contributed by atoms with E-state index in [4.69, 9.17) is 0 Å². The third-order valence-electron chi connectivity index (χ3n) is 2.09. The number of hydrogen-bond acceptors (Lipinski definition) is 2. The van der Waals surface area contributed by atoms with Crippen LogP contribution in [0.2, 0.25) is 0 Å². The van der Waals surface area contributed by atoms with Crippen molar-refractivity contribution in [3.63, 3.8) is 0 Å². The lowest BCUT2D eigenvalue weighted by molar-refractivity contribution is 0.485. The average molecular weight is 292 g/mol. The van der Waals surface area contributed by atoms with Crippen LogP contribution in [0, 0.1) is 0 Å². The number of benzene rings is 1. The summed E-state index contributed by atoms with van der Waals surface area (Å²) in [4.78, 5) is 0. The van der Waals surface area contributed by atoms with E-state index < -0.39 is 15.6 Å². The number of hydrogen-bond donors (Lipinski definition) is 1. The third kappa shape index (κ3) is 3.59. The van der Waals surface area contributed by atoms with E-state index in [0.717, 1.165) is 11.8 Å². The Morgan fingerprint density at radius 2 is 1.87 bits per heavy atom. The first-order chi connectivity index (χ1) is 6.87. The van der Waals surface area contributed by atoms with Gasteiger partial charge in [-0.3, -0.25) is 0 Å². The van der Waals surface area contributed by atoms with E-state index in [-0.39, 0.29) is 0 Å². The number of nitrogens with one attached hydrogen (secondary N) is 1. The summed E-state index contributed by atoms with van der Waals surface area (Å²) >= 11 is 3.33. The largest absolute Gasteiger partial charge is 0.213 e. The van der Waals surface area contributed by atoms with Crippen molar-refractivity contribution in [2.45, 2.75) is 12.5 Å². The van der Waals surface area contributed by atoms with Gasteiger partial charge in [-0.05, 0) is 12.5 Å². The van der Waals surface area contributed by atoms with Crippen LogP contribution in [0.5, 0.6) is 0 Å². The van der Waals surface area contributed by atoms with Crippen LogP contribution in [-0.4, -0.2) is 20.0 Å². The maximum Gasteiger partial charge on any atom is 0.209 e. The Hall–Kier alpha value is -0.390. The van der Waals surface area contributed by atoms with Gasteiger partial charge in [-0.25, -0.2) is 13.1 Å². The van der Waals surface area contributed by atoms with Crippen LogP contribution in [0.25, 0.3) is 0 Å². The van der Waals surface area contributed by atoms with E-state index in [0.29, 0.717) is 5.33 Å². The van der Waals surface area contributed by atoms with Crippen molar-refractivity contribution in [3.8, 4) is 0 Å². The molecule has 1 unspecified atom stereocenters. The van der Waals surface area contributed by atoms with Gasteiger partial charge < -0.3 is 0 Å². The van der Waals surface area contributed by atoms with E-state index >= 15 is 0 Å². The van der Waals surface area contributed by atoms with Gasteiger partial charge in [0.2, 0.25) is 10.0 Å². The molecule has 1 aromatic carbocycles. The van der Waals surface area contributed by atoms with Gasteiger partial charge >= 0.3 is 0 Å². The van der Waals surface area contributed by atoms with Gasteiger partial charge in [-0.2, -0.15) is 0 Å². The van der Waals surface area contributed by atoms with Crippen molar-refractivity contribution in [1.82, 2.24) is 4.72 Å². The zero-order chi connectivity index (χ0) is 11.5. The molecule has 0 radical (unpaired) electrons. The minimum Gasteiger partial charge on any atom is -0.213 e. The highest BCUT2D eigenvalue weighted by Crippen LogP contribution is 2.23. The normalized spacial score (nSPS) is 15.9. The summed E-state index contributed by atoms with van der Waals surface area (Å²) < 4.78 is 25.1. The van der Waals surface area contributed by atoms with E-state index in [1.54, 1.807) is 0 Å². The average Bonchev–Trinajstić information content (AvgIpc) is 2.16. The predicted octanol–water partition coefficient (Wildman–Crippen LogP) is 1.85. The number of halogens is 1. The predicted molar refractivity (Wildman–Crippen MR) is 65.6 cm³/mol. The second kappa shape index (κ2) is 4.63. The molecule has 0 amide bonds. The molecule has 1 atom stereocenters. The molecule has 0 heterocycles. The van der Waals surface area contributed by atoms with Gasteiger partial charge in [0, 0.05) is 5.33 Å². The first-order valence-electron chi connectivity index (χ1n) is 4.48. The van der Waals surface area contributed by atoms with Crippen LogP contribution in [0.4, 0.5) is 0 Å². The zero-order valence-electron chi connectivity index (χ0n) is 8.70. The van der Waals surface area contributed by atoms with Gasteiger partial charge in [0.25, 0.3) is 0 Å². The van der Waals surface area contributed by atoms with Crippen molar-refractivity contribution in [2.24, 2.45) is 0 Å². The molecule has 0 aliphatic carbocycles. The van der Waals surface area contributed by atoms with E-state index in [2.05, 4.69) is 20.7 Å². The lowest BCUT2D eigenvalue weighted by Gasteiger charge is -2.28. The van der Waals surface area contributed by atoms with Crippen molar-refractivity contribution >= 4 is 26.0 Å². The highest BCUT2D eigenvalue weighted by atomic mass is 79.9. The number of sulfonamides is 1. The molecule has 1 N–H and O–H groups in total. The number of rotatable bonds is 4. The Balaban J connectivity index is 3.06. The van der Waals surface area contributed by atoms with Crippen LogP contribution < -0.4 is 4.72 Å². The van der Waals surface area contributed by atoms with Crippen molar-refractivity contribution < 1.29 is 8.42 Å². The second-order valence-electron chi connectivity index (χ2n) is 3.71. The van der Waals surface area contributed by atoms with E-state index in [1.165, 1.54) is 0 Å². The molecule has 84 valence electrons. The fraction of sp³-hybridized carbons (Fsp3) is 0.400. The van der Waals surface area contributed by atoms with E-state index in [1.807, 2.05) is 37.3 Å². The molecule has 0 aliphatic heterocycles. The number of alkyl halides is 1. The molecule has 5 heteroatoms. The molecule has 0 aromatic heterocycles. The quantitative estimate of drug-likeness (QED) is 0.861. The first-order valence-corrected chi connectivity index (χ1v) is 7.49. The Bertz CT molecular complexity index is 418. The molecule has 0 aliphatic rings. The first kappa shape index (κ1) is 12.7. The highest BCUT2D eigenvalue weighted by molar-refractivity contribution is 9.09. The molecule has 1 rings (SSSR count). The molecule has 0 spiro atoms. The van der Waals surface area contributed by atoms with Gasteiger partial charge in [-0.1, -0.05) is 46.3 Å². The van der Waals surface area contributed by atoms with Gasteiger partial charge in [0.1, 0.15) is 0 Å². The second-order valence-corrected chi connectivity index (χ2v) is 6.02. The molecular weight excluding hydrogens is 278 g/mol. The fourth-order valence-electron chi connectivity index (χ4n) is 1.38. The summed E-state index contributed by atoms with van der Waals surface area (Å²) in [6.07, 6.45) is 1.16. The van der Waals surface area contributed by atoms with Crippen LogP contribution in [0.15, 0.2) is 30.3 Å². The van der Waals surface area contributed by atoms with Gasteiger partial charge in [0.15, 0.2) is 0 Å². The van der Waals surface area contributed by atoms with Crippen molar-refractivity contribution in [2.75, 3.05) is 11.6 Å².